The number of pyridine rings is 1. The molecule has 0 N–H and O–H groups in total. The van der Waals surface area contributed by atoms with E-state index in [9.17, 15) is 4.79 Å². The maximum absolute atomic E-state index is 12.6. The van der Waals surface area contributed by atoms with Crippen LogP contribution in [0.3, 0.4) is 0 Å². The molecule has 0 atom stereocenters. The van der Waals surface area contributed by atoms with E-state index in [0.717, 1.165) is 12.8 Å². The summed E-state index contributed by atoms with van der Waals surface area (Å²) in [5.74, 6) is 0.290. The van der Waals surface area contributed by atoms with E-state index >= 15 is 0 Å². The predicted molar refractivity (Wildman–Crippen MR) is 82.4 cm³/mol. The third kappa shape index (κ3) is 3.56. The molecule has 0 aromatic carbocycles. The van der Waals surface area contributed by atoms with Gasteiger partial charge in [0.2, 0.25) is 5.88 Å². The van der Waals surface area contributed by atoms with E-state index in [4.69, 9.17) is 9.47 Å². The van der Waals surface area contributed by atoms with Crippen molar-refractivity contribution in [1.82, 2.24) is 19.9 Å². The summed E-state index contributed by atoms with van der Waals surface area (Å²) in [4.78, 5) is 26.6. The number of hydrogen-bond acceptors (Lipinski definition) is 6. The lowest BCUT2D eigenvalue weighted by molar-refractivity contribution is 0.0575. The molecule has 1 saturated heterocycles. The summed E-state index contributed by atoms with van der Waals surface area (Å²) in [6, 6.07) is 5.59. The number of likely N-dealkylation sites (tertiary alicyclic amines) is 1. The Kier molecular flexibility index (Phi) is 4.65. The zero-order valence-corrected chi connectivity index (χ0v) is 12.9. The molecular weight excluding hydrogens is 296 g/mol. The maximum Gasteiger partial charge on any atom is 0.316 e. The summed E-state index contributed by atoms with van der Waals surface area (Å²) in [6.07, 6.45) is 6.41. The molecule has 7 nitrogen and oxygen atoms in total. The minimum Gasteiger partial charge on any atom is -0.480 e. The van der Waals surface area contributed by atoms with Gasteiger partial charge in [0.25, 0.3) is 5.91 Å². The van der Waals surface area contributed by atoms with Crippen LogP contribution in [-0.2, 0) is 0 Å². The molecular formula is C16H18N4O3. The molecule has 0 unspecified atom stereocenters. The van der Waals surface area contributed by atoms with Gasteiger partial charge in [0, 0.05) is 44.5 Å². The first-order valence-electron chi connectivity index (χ1n) is 7.50. The van der Waals surface area contributed by atoms with Crippen LogP contribution in [0.25, 0.3) is 0 Å². The topological polar surface area (TPSA) is 77.4 Å². The van der Waals surface area contributed by atoms with Gasteiger partial charge in [-0.2, -0.15) is 0 Å². The van der Waals surface area contributed by atoms with Crippen LogP contribution in [-0.4, -0.2) is 52.1 Å². The van der Waals surface area contributed by atoms with Crippen LogP contribution < -0.4 is 9.47 Å². The van der Waals surface area contributed by atoms with Crippen LogP contribution in [0, 0.1) is 0 Å². The summed E-state index contributed by atoms with van der Waals surface area (Å²) in [5.41, 5.74) is 0.487. The van der Waals surface area contributed by atoms with E-state index < -0.39 is 0 Å². The highest BCUT2D eigenvalue weighted by Gasteiger charge is 2.27. The average molecular weight is 314 g/mol. The van der Waals surface area contributed by atoms with E-state index in [0.29, 0.717) is 30.5 Å². The van der Waals surface area contributed by atoms with Gasteiger partial charge in [0.1, 0.15) is 11.7 Å². The van der Waals surface area contributed by atoms with Crippen LogP contribution in [0.15, 0.2) is 36.8 Å². The second-order valence-corrected chi connectivity index (χ2v) is 5.20. The summed E-state index contributed by atoms with van der Waals surface area (Å²) in [7, 11) is 1.51. The van der Waals surface area contributed by atoms with Crippen LogP contribution in [0.1, 0.15) is 23.2 Å². The lowest BCUT2D eigenvalue weighted by atomic mass is 10.1. The minimum absolute atomic E-state index is 0.0252. The molecule has 0 spiro atoms. The Labute approximate surface area is 134 Å². The molecule has 1 aliphatic heterocycles. The first-order valence-corrected chi connectivity index (χ1v) is 7.50. The van der Waals surface area contributed by atoms with Gasteiger partial charge in [0.05, 0.1) is 7.11 Å². The van der Waals surface area contributed by atoms with E-state index in [1.54, 1.807) is 41.7 Å². The van der Waals surface area contributed by atoms with Crippen molar-refractivity contribution in [3.63, 3.8) is 0 Å². The molecule has 2 aromatic heterocycles. The SMILES string of the molecule is COc1ncccc1C(=O)N1CCC(Oc2ncccn2)CC1. The van der Waals surface area contributed by atoms with Crippen molar-refractivity contribution in [3.05, 3.63) is 42.4 Å². The predicted octanol–water partition coefficient (Wildman–Crippen LogP) is 1.56. The number of rotatable bonds is 4. The molecule has 1 aliphatic rings. The standard InChI is InChI=1S/C16H18N4O3/c1-22-14-13(4-2-7-17-14)15(21)20-10-5-12(6-11-20)23-16-18-8-3-9-19-16/h2-4,7-9,12H,5-6,10-11H2,1H3. The van der Waals surface area contributed by atoms with Gasteiger partial charge >= 0.3 is 6.01 Å². The molecule has 23 heavy (non-hydrogen) atoms. The first kappa shape index (κ1) is 15.2. The molecule has 0 saturated carbocycles. The Morgan fingerprint density at radius 3 is 2.52 bits per heavy atom. The number of aromatic nitrogens is 3. The van der Waals surface area contributed by atoms with Gasteiger partial charge in [-0.1, -0.05) is 0 Å². The van der Waals surface area contributed by atoms with E-state index in [1.807, 2.05) is 0 Å². The van der Waals surface area contributed by atoms with Gasteiger partial charge in [-0.3, -0.25) is 4.79 Å². The normalized spacial score (nSPS) is 15.3. The number of nitrogens with zero attached hydrogens (tertiary/aromatic N) is 4. The quantitative estimate of drug-likeness (QED) is 0.852. The highest BCUT2D eigenvalue weighted by molar-refractivity contribution is 5.96. The highest BCUT2D eigenvalue weighted by atomic mass is 16.5. The Hall–Kier alpha value is -2.70. The van der Waals surface area contributed by atoms with Crippen molar-refractivity contribution in [1.29, 1.82) is 0 Å². The fourth-order valence-corrected chi connectivity index (χ4v) is 2.56. The zero-order valence-electron chi connectivity index (χ0n) is 12.9. The van der Waals surface area contributed by atoms with Crippen LogP contribution in [0.2, 0.25) is 0 Å². The number of carbonyl (C=O) groups is 1. The molecule has 2 aromatic rings. The van der Waals surface area contributed by atoms with Crippen molar-refractivity contribution in [2.45, 2.75) is 18.9 Å². The average Bonchev–Trinajstić information content (AvgIpc) is 2.62. The Bertz CT molecular complexity index is 657. The molecule has 3 heterocycles. The van der Waals surface area contributed by atoms with Crippen LogP contribution in [0.5, 0.6) is 11.9 Å². The first-order chi connectivity index (χ1) is 11.3. The number of amides is 1. The van der Waals surface area contributed by atoms with E-state index in [1.165, 1.54) is 7.11 Å². The van der Waals surface area contributed by atoms with Crippen molar-refractivity contribution < 1.29 is 14.3 Å². The van der Waals surface area contributed by atoms with Crippen LogP contribution in [0.4, 0.5) is 0 Å². The Morgan fingerprint density at radius 1 is 1.13 bits per heavy atom. The lowest BCUT2D eigenvalue weighted by Gasteiger charge is -2.31. The molecule has 0 aliphatic carbocycles. The third-order valence-electron chi connectivity index (χ3n) is 3.74. The number of carbonyl (C=O) groups excluding carboxylic acids is 1. The minimum atomic E-state index is -0.0654. The van der Waals surface area contributed by atoms with Crippen molar-refractivity contribution in [2.24, 2.45) is 0 Å². The second kappa shape index (κ2) is 7.04. The molecule has 1 amide bonds. The van der Waals surface area contributed by atoms with Crippen molar-refractivity contribution in [3.8, 4) is 11.9 Å². The van der Waals surface area contributed by atoms with Gasteiger partial charge in [0.15, 0.2) is 0 Å². The summed E-state index contributed by atoms with van der Waals surface area (Å²) in [5, 5.41) is 0. The summed E-state index contributed by atoms with van der Waals surface area (Å²) in [6.45, 7) is 1.24. The summed E-state index contributed by atoms with van der Waals surface area (Å²) < 4.78 is 10.9. The molecule has 7 heteroatoms. The number of piperidine rings is 1. The highest BCUT2D eigenvalue weighted by Crippen LogP contribution is 2.21. The smallest absolute Gasteiger partial charge is 0.316 e. The molecule has 1 fully saturated rings. The molecule has 120 valence electrons. The number of ether oxygens (including phenoxy) is 2. The third-order valence-corrected chi connectivity index (χ3v) is 3.74. The summed E-state index contributed by atoms with van der Waals surface area (Å²) >= 11 is 0. The molecule has 0 bridgehead atoms. The van der Waals surface area contributed by atoms with Crippen molar-refractivity contribution in [2.75, 3.05) is 20.2 Å². The van der Waals surface area contributed by atoms with Gasteiger partial charge < -0.3 is 14.4 Å². The van der Waals surface area contributed by atoms with Gasteiger partial charge in [-0.15, -0.1) is 0 Å². The zero-order chi connectivity index (χ0) is 16.1. The molecule has 0 radical (unpaired) electrons. The van der Waals surface area contributed by atoms with Crippen LogP contribution >= 0.6 is 0 Å². The number of methoxy groups -OCH3 is 1. The monoisotopic (exact) mass is 314 g/mol. The van der Waals surface area contributed by atoms with Gasteiger partial charge in [-0.25, -0.2) is 15.0 Å². The second-order valence-electron chi connectivity index (χ2n) is 5.20. The largest absolute Gasteiger partial charge is 0.480 e. The fourth-order valence-electron chi connectivity index (χ4n) is 2.56. The number of hydrogen-bond donors (Lipinski definition) is 0. The Morgan fingerprint density at radius 2 is 1.83 bits per heavy atom. The molecule has 3 rings (SSSR count). The van der Waals surface area contributed by atoms with E-state index in [-0.39, 0.29) is 12.0 Å². The maximum atomic E-state index is 12.6. The lowest BCUT2D eigenvalue weighted by Crippen LogP contribution is -2.42. The van der Waals surface area contributed by atoms with E-state index in [2.05, 4.69) is 15.0 Å². The van der Waals surface area contributed by atoms with Gasteiger partial charge in [-0.05, 0) is 18.2 Å². The fraction of sp³-hybridized carbons (Fsp3) is 0.375. The van der Waals surface area contributed by atoms with Crippen molar-refractivity contribution >= 4 is 5.91 Å². The Balaban J connectivity index is 1.59.